The Kier molecular flexibility index (Phi) is 7.47. The molecule has 0 saturated carbocycles. The molecule has 20 heavy (non-hydrogen) atoms. The van der Waals surface area contributed by atoms with E-state index in [1.807, 2.05) is 24.3 Å². The summed E-state index contributed by atoms with van der Waals surface area (Å²) >= 11 is 7.38. The first-order valence-corrected chi connectivity index (χ1v) is 7.67. The molecule has 1 amide bonds. The number of amides is 1. The fourth-order valence-corrected chi connectivity index (χ4v) is 2.43. The van der Waals surface area contributed by atoms with Crippen molar-refractivity contribution >= 4 is 35.2 Å². The minimum absolute atomic E-state index is 0.00170. The third kappa shape index (κ3) is 6.30. The van der Waals surface area contributed by atoms with Gasteiger partial charge in [0.15, 0.2) is 0 Å². The number of ether oxygens (including phenoxy) is 1. The zero-order valence-corrected chi connectivity index (χ0v) is 13.2. The molecule has 0 N–H and O–H groups in total. The van der Waals surface area contributed by atoms with Gasteiger partial charge in [0.25, 0.3) is 0 Å². The van der Waals surface area contributed by atoms with Gasteiger partial charge >= 0.3 is 5.97 Å². The molecule has 1 rings (SSSR count). The lowest BCUT2D eigenvalue weighted by Crippen LogP contribution is -2.33. The molecule has 0 aliphatic heterocycles. The van der Waals surface area contributed by atoms with E-state index in [0.29, 0.717) is 23.8 Å². The van der Waals surface area contributed by atoms with Crippen LogP contribution in [0.1, 0.15) is 13.3 Å². The standard InChI is InChI=1S/C14H18ClNO3S/c1-3-19-14(18)10-16(2)13(17)8-9-20-12-6-4-11(15)5-7-12/h4-7H,3,8-10H2,1-2H3. The van der Waals surface area contributed by atoms with E-state index in [4.69, 9.17) is 16.3 Å². The second-order valence-corrected chi connectivity index (χ2v) is 5.71. The predicted molar refractivity (Wildman–Crippen MR) is 81.1 cm³/mol. The second-order valence-electron chi connectivity index (χ2n) is 4.11. The minimum Gasteiger partial charge on any atom is -0.465 e. The van der Waals surface area contributed by atoms with Crippen molar-refractivity contribution in [1.82, 2.24) is 4.90 Å². The SMILES string of the molecule is CCOC(=O)CN(C)C(=O)CCSc1ccc(Cl)cc1. The number of benzene rings is 1. The highest BCUT2D eigenvalue weighted by molar-refractivity contribution is 7.99. The van der Waals surface area contributed by atoms with E-state index in [1.54, 1.807) is 25.7 Å². The smallest absolute Gasteiger partial charge is 0.325 e. The van der Waals surface area contributed by atoms with Gasteiger partial charge in [0, 0.05) is 29.1 Å². The Morgan fingerprint density at radius 3 is 2.55 bits per heavy atom. The van der Waals surface area contributed by atoms with Crippen molar-refractivity contribution in [2.75, 3.05) is 26.0 Å². The Hall–Kier alpha value is -1.20. The Bertz CT molecular complexity index is 450. The molecule has 1 aromatic rings. The first-order valence-electron chi connectivity index (χ1n) is 6.31. The third-order valence-electron chi connectivity index (χ3n) is 2.50. The van der Waals surface area contributed by atoms with E-state index in [0.717, 1.165) is 4.90 Å². The van der Waals surface area contributed by atoms with E-state index in [1.165, 1.54) is 4.90 Å². The molecule has 1 aromatic carbocycles. The van der Waals surface area contributed by atoms with Crippen LogP contribution in [0.4, 0.5) is 0 Å². The van der Waals surface area contributed by atoms with Crippen molar-refractivity contribution in [3.63, 3.8) is 0 Å². The van der Waals surface area contributed by atoms with Gasteiger partial charge in [-0.25, -0.2) is 0 Å². The number of likely N-dealkylation sites (N-methyl/N-ethyl adjacent to an activating group) is 1. The van der Waals surface area contributed by atoms with Crippen LogP contribution in [0, 0.1) is 0 Å². The van der Waals surface area contributed by atoms with Crippen LogP contribution >= 0.6 is 23.4 Å². The maximum absolute atomic E-state index is 11.8. The van der Waals surface area contributed by atoms with Crippen LogP contribution in [0.3, 0.4) is 0 Å². The maximum Gasteiger partial charge on any atom is 0.325 e. The molecule has 0 fully saturated rings. The average Bonchev–Trinajstić information content (AvgIpc) is 2.41. The normalized spacial score (nSPS) is 10.2. The molecule has 0 saturated heterocycles. The molecule has 0 aliphatic carbocycles. The molecule has 0 aliphatic rings. The van der Waals surface area contributed by atoms with E-state index in [9.17, 15) is 9.59 Å². The summed E-state index contributed by atoms with van der Waals surface area (Å²) in [7, 11) is 1.60. The molecule has 110 valence electrons. The number of rotatable bonds is 7. The Morgan fingerprint density at radius 1 is 1.30 bits per heavy atom. The van der Waals surface area contributed by atoms with Crippen LogP contribution in [0.2, 0.25) is 5.02 Å². The van der Waals surface area contributed by atoms with Crippen LogP contribution in [0.5, 0.6) is 0 Å². The number of nitrogens with zero attached hydrogens (tertiary/aromatic N) is 1. The second kappa shape index (κ2) is 8.87. The molecular weight excluding hydrogens is 298 g/mol. The fraction of sp³-hybridized carbons (Fsp3) is 0.429. The van der Waals surface area contributed by atoms with Crippen molar-refractivity contribution < 1.29 is 14.3 Å². The third-order valence-corrected chi connectivity index (χ3v) is 3.76. The fourth-order valence-electron chi connectivity index (χ4n) is 1.47. The van der Waals surface area contributed by atoms with E-state index >= 15 is 0 Å². The number of halogens is 1. The van der Waals surface area contributed by atoms with Gasteiger partial charge in [0.2, 0.25) is 5.91 Å². The van der Waals surface area contributed by atoms with Crippen molar-refractivity contribution in [2.24, 2.45) is 0 Å². The van der Waals surface area contributed by atoms with Crippen molar-refractivity contribution in [2.45, 2.75) is 18.2 Å². The zero-order chi connectivity index (χ0) is 15.0. The quantitative estimate of drug-likeness (QED) is 0.573. The van der Waals surface area contributed by atoms with Crippen LogP contribution in [0.25, 0.3) is 0 Å². The topological polar surface area (TPSA) is 46.6 Å². The summed E-state index contributed by atoms with van der Waals surface area (Å²) < 4.78 is 4.80. The van der Waals surface area contributed by atoms with Gasteiger partial charge in [-0.1, -0.05) is 11.6 Å². The van der Waals surface area contributed by atoms with Crippen LogP contribution in [-0.2, 0) is 14.3 Å². The number of hydrogen-bond acceptors (Lipinski definition) is 4. The summed E-state index contributed by atoms with van der Waals surface area (Å²) in [6.45, 7) is 2.06. The molecule has 0 unspecified atom stereocenters. The van der Waals surface area contributed by atoms with E-state index in [-0.39, 0.29) is 18.4 Å². The summed E-state index contributed by atoms with van der Waals surface area (Å²) in [6.07, 6.45) is 0.378. The minimum atomic E-state index is -0.381. The number of carbonyl (C=O) groups excluding carboxylic acids is 2. The maximum atomic E-state index is 11.8. The first-order chi connectivity index (χ1) is 9.52. The highest BCUT2D eigenvalue weighted by Crippen LogP contribution is 2.21. The van der Waals surface area contributed by atoms with Gasteiger partial charge in [-0.2, -0.15) is 0 Å². The van der Waals surface area contributed by atoms with Crippen molar-refractivity contribution in [3.05, 3.63) is 29.3 Å². The Balaban J connectivity index is 2.28. The molecule has 0 radical (unpaired) electrons. The van der Waals surface area contributed by atoms with E-state index in [2.05, 4.69) is 0 Å². The summed E-state index contributed by atoms with van der Waals surface area (Å²) in [5.74, 6) is 0.210. The lowest BCUT2D eigenvalue weighted by molar-refractivity contribution is -0.148. The Morgan fingerprint density at radius 2 is 1.95 bits per heavy atom. The van der Waals surface area contributed by atoms with Gasteiger partial charge in [0.05, 0.1) is 6.61 Å². The van der Waals surface area contributed by atoms with Crippen molar-refractivity contribution in [3.8, 4) is 0 Å². The molecular formula is C14H18ClNO3S. The molecule has 0 atom stereocenters. The number of thioether (sulfide) groups is 1. The molecule has 0 bridgehead atoms. The first kappa shape index (κ1) is 16.9. The summed E-state index contributed by atoms with van der Waals surface area (Å²) in [5, 5.41) is 0.694. The van der Waals surface area contributed by atoms with E-state index < -0.39 is 0 Å². The van der Waals surface area contributed by atoms with Gasteiger partial charge < -0.3 is 9.64 Å². The van der Waals surface area contributed by atoms with Crippen LogP contribution in [0.15, 0.2) is 29.2 Å². The lowest BCUT2D eigenvalue weighted by atomic mass is 10.4. The highest BCUT2D eigenvalue weighted by atomic mass is 35.5. The summed E-state index contributed by atoms with van der Waals surface area (Å²) in [5.41, 5.74) is 0. The largest absolute Gasteiger partial charge is 0.465 e. The van der Waals surface area contributed by atoms with Crippen molar-refractivity contribution in [1.29, 1.82) is 0 Å². The van der Waals surface area contributed by atoms with Gasteiger partial charge in [-0.3, -0.25) is 9.59 Å². The van der Waals surface area contributed by atoms with Gasteiger partial charge in [-0.05, 0) is 31.2 Å². The molecule has 4 nitrogen and oxygen atoms in total. The summed E-state index contributed by atoms with van der Waals surface area (Å²) in [4.78, 5) is 25.5. The highest BCUT2D eigenvalue weighted by Gasteiger charge is 2.13. The van der Waals surface area contributed by atoms with Gasteiger partial charge in [0.1, 0.15) is 6.54 Å². The zero-order valence-electron chi connectivity index (χ0n) is 11.6. The average molecular weight is 316 g/mol. The van der Waals surface area contributed by atoms with Crippen LogP contribution in [-0.4, -0.2) is 42.7 Å². The number of esters is 1. The number of carbonyl (C=O) groups is 2. The summed E-state index contributed by atoms with van der Waals surface area (Å²) in [6, 6.07) is 7.47. The lowest BCUT2D eigenvalue weighted by Gasteiger charge is -2.15. The van der Waals surface area contributed by atoms with Crippen LogP contribution < -0.4 is 0 Å². The molecule has 0 spiro atoms. The molecule has 0 aromatic heterocycles. The monoisotopic (exact) mass is 315 g/mol. The molecule has 0 heterocycles. The predicted octanol–water partition coefficient (Wildman–Crippen LogP) is 2.84. The Labute approximate surface area is 128 Å². The molecule has 6 heteroatoms. The van der Waals surface area contributed by atoms with Gasteiger partial charge in [-0.15, -0.1) is 11.8 Å². The number of hydrogen-bond donors (Lipinski definition) is 0.